The van der Waals surface area contributed by atoms with Crippen LogP contribution in [0.5, 0.6) is 0 Å². The fraction of sp³-hybridized carbons (Fsp3) is 0.812. The van der Waals surface area contributed by atoms with Gasteiger partial charge in [-0.3, -0.25) is 0 Å². The van der Waals surface area contributed by atoms with E-state index in [-0.39, 0.29) is 6.10 Å². The number of hydrogen-bond acceptors (Lipinski definition) is 5. The summed E-state index contributed by atoms with van der Waals surface area (Å²) in [5.74, 6) is -0.562. The SMILES string of the molecule is C[C@@H]1C[C@@H](O)CCCCCCC[C@H](O)[C@H](O)C=CC(=O)O1. The van der Waals surface area contributed by atoms with Crippen LogP contribution in [-0.2, 0) is 9.53 Å². The zero-order chi connectivity index (χ0) is 15.7. The van der Waals surface area contributed by atoms with Gasteiger partial charge in [-0.05, 0) is 25.8 Å². The van der Waals surface area contributed by atoms with Crippen molar-refractivity contribution in [1.29, 1.82) is 0 Å². The Balaban J connectivity index is 2.57. The lowest BCUT2D eigenvalue weighted by atomic mass is 10.0. The molecule has 0 spiro atoms. The zero-order valence-electron chi connectivity index (χ0n) is 12.8. The molecule has 122 valence electrons. The summed E-state index contributed by atoms with van der Waals surface area (Å²) in [5.41, 5.74) is 0. The quantitative estimate of drug-likeness (QED) is 0.593. The lowest BCUT2D eigenvalue weighted by Crippen LogP contribution is -2.24. The first-order valence-corrected chi connectivity index (χ1v) is 7.92. The van der Waals surface area contributed by atoms with Crippen LogP contribution in [0, 0.1) is 0 Å². The van der Waals surface area contributed by atoms with Crippen LogP contribution in [0.15, 0.2) is 12.2 Å². The van der Waals surface area contributed by atoms with Gasteiger partial charge in [-0.25, -0.2) is 4.79 Å². The lowest BCUT2D eigenvalue weighted by molar-refractivity contribution is -0.143. The number of aliphatic hydroxyl groups is 3. The van der Waals surface area contributed by atoms with Gasteiger partial charge in [-0.15, -0.1) is 0 Å². The van der Waals surface area contributed by atoms with E-state index in [1.165, 1.54) is 6.08 Å². The normalized spacial score (nSPS) is 34.4. The van der Waals surface area contributed by atoms with Crippen LogP contribution in [0.25, 0.3) is 0 Å². The van der Waals surface area contributed by atoms with Crippen molar-refractivity contribution in [2.45, 2.75) is 82.7 Å². The first-order valence-electron chi connectivity index (χ1n) is 7.92. The zero-order valence-corrected chi connectivity index (χ0v) is 12.8. The molecule has 0 aromatic carbocycles. The summed E-state index contributed by atoms with van der Waals surface area (Å²) in [6.07, 6.45) is 6.26. The molecule has 0 unspecified atom stereocenters. The highest BCUT2D eigenvalue weighted by atomic mass is 16.5. The fourth-order valence-electron chi connectivity index (χ4n) is 2.53. The number of carbonyl (C=O) groups is 1. The molecule has 0 amide bonds. The Bertz CT molecular complexity index is 329. The maximum absolute atomic E-state index is 11.6. The smallest absolute Gasteiger partial charge is 0.330 e. The Hall–Kier alpha value is -0.910. The maximum Gasteiger partial charge on any atom is 0.330 e. The van der Waals surface area contributed by atoms with E-state index < -0.39 is 24.3 Å². The summed E-state index contributed by atoms with van der Waals surface area (Å²) in [5, 5.41) is 29.4. The van der Waals surface area contributed by atoms with Crippen molar-refractivity contribution in [3.05, 3.63) is 12.2 Å². The van der Waals surface area contributed by atoms with Crippen LogP contribution in [0.1, 0.15) is 58.3 Å². The van der Waals surface area contributed by atoms with E-state index in [1.54, 1.807) is 6.92 Å². The van der Waals surface area contributed by atoms with E-state index in [0.29, 0.717) is 12.8 Å². The van der Waals surface area contributed by atoms with Gasteiger partial charge in [0.25, 0.3) is 0 Å². The van der Waals surface area contributed by atoms with E-state index >= 15 is 0 Å². The Morgan fingerprint density at radius 3 is 2.38 bits per heavy atom. The second-order valence-electron chi connectivity index (χ2n) is 5.90. The molecule has 21 heavy (non-hydrogen) atoms. The first kappa shape index (κ1) is 18.1. The molecule has 0 radical (unpaired) electrons. The Morgan fingerprint density at radius 2 is 1.67 bits per heavy atom. The second-order valence-corrected chi connectivity index (χ2v) is 5.90. The van der Waals surface area contributed by atoms with Crippen LogP contribution in [0.3, 0.4) is 0 Å². The third kappa shape index (κ3) is 8.19. The van der Waals surface area contributed by atoms with Crippen molar-refractivity contribution in [3.8, 4) is 0 Å². The molecule has 3 N–H and O–H groups in total. The van der Waals surface area contributed by atoms with Crippen molar-refractivity contribution in [3.63, 3.8) is 0 Å². The minimum Gasteiger partial charge on any atom is -0.459 e. The van der Waals surface area contributed by atoms with E-state index in [2.05, 4.69) is 0 Å². The number of esters is 1. The van der Waals surface area contributed by atoms with Gasteiger partial charge in [0.2, 0.25) is 0 Å². The number of hydrogen-bond donors (Lipinski definition) is 3. The van der Waals surface area contributed by atoms with Crippen molar-refractivity contribution in [1.82, 2.24) is 0 Å². The molecule has 1 aliphatic rings. The summed E-state index contributed by atoms with van der Waals surface area (Å²) in [7, 11) is 0. The molecule has 0 bridgehead atoms. The largest absolute Gasteiger partial charge is 0.459 e. The number of aliphatic hydroxyl groups excluding tert-OH is 3. The minimum atomic E-state index is -1.05. The monoisotopic (exact) mass is 300 g/mol. The summed E-state index contributed by atoms with van der Waals surface area (Å²) in [4.78, 5) is 11.6. The van der Waals surface area contributed by atoms with Crippen LogP contribution in [0.4, 0.5) is 0 Å². The highest BCUT2D eigenvalue weighted by molar-refractivity contribution is 5.82. The predicted molar refractivity (Wildman–Crippen MR) is 79.7 cm³/mol. The molecule has 0 aromatic heterocycles. The minimum absolute atomic E-state index is 0.368. The molecule has 4 atom stereocenters. The Kier molecular flexibility index (Phi) is 8.57. The predicted octanol–water partition coefficient (Wildman–Crippen LogP) is 1.69. The topological polar surface area (TPSA) is 87.0 Å². The fourth-order valence-corrected chi connectivity index (χ4v) is 2.53. The van der Waals surface area contributed by atoms with E-state index in [1.807, 2.05) is 0 Å². The third-order valence-corrected chi connectivity index (χ3v) is 3.78. The highest BCUT2D eigenvalue weighted by Crippen LogP contribution is 2.15. The molecule has 0 saturated heterocycles. The maximum atomic E-state index is 11.6. The summed E-state index contributed by atoms with van der Waals surface area (Å²) in [6, 6.07) is 0. The first-order chi connectivity index (χ1) is 9.99. The summed E-state index contributed by atoms with van der Waals surface area (Å²) < 4.78 is 5.13. The molecule has 0 saturated carbocycles. The van der Waals surface area contributed by atoms with Crippen LogP contribution in [-0.4, -0.2) is 45.7 Å². The van der Waals surface area contributed by atoms with Crippen LogP contribution in [0.2, 0.25) is 0 Å². The van der Waals surface area contributed by atoms with Gasteiger partial charge in [0.1, 0.15) is 6.10 Å². The average Bonchev–Trinajstić information content (AvgIpc) is 2.42. The standard InChI is InChI=1S/C16H28O5/c1-12-11-13(17)7-5-3-2-4-6-8-14(18)15(19)9-10-16(20)21-12/h9-10,12-15,17-19H,2-8,11H2,1H3/t12-,13+,14+,15-/m1/s1. The molecule has 1 rings (SSSR count). The molecule has 1 aliphatic heterocycles. The molecule has 0 fully saturated rings. The molecule has 5 nitrogen and oxygen atoms in total. The average molecular weight is 300 g/mol. The van der Waals surface area contributed by atoms with Crippen LogP contribution >= 0.6 is 0 Å². The van der Waals surface area contributed by atoms with Gasteiger partial charge in [0, 0.05) is 12.5 Å². The number of carbonyl (C=O) groups excluding carboxylic acids is 1. The molecule has 5 heteroatoms. The summed E-state index contributed by atoms with van der Waals surface area (Å²) in [6.45, 7) is 1.74. The van der Waals surface area contributed by atoms with Gasteiger partial charge in [0.15, 0.2) is 0 Å². The molecular formula is C16H28O5. The van der Waals surface area contributed by atoms with Gasteiger partial charge in [-0.1, -0.05) is 32.1 Å². The van der Waals surface area contributed by atoms with E-state index in [0.717, 1.165) is 44.6 Å². The molecule has 1 heterocycles. The van der Waals surface area contributed by atoms with Gasteiger partial charge < -0.3 is 20.1 Å². The van der Waals surface area contributed by atoms with Crippen molar-refractivity contribution < 1.29 is 24.9 Å². The Labute approximate surface area is 126 Å². The third-order valence-electron chi connectivity index (χ3n) is 3.78. The number of ether oxygens (including phenoxy) is 1. The van der Waals surface area contributed by atoms with Crippen molar-refractivity contribution in [2.24, 2.45) is 0 Å². The van der Waals surface area contributed by atoms with Crippen LogP contribution < -0.4 is 0 Å². The van der Waals surface area contributed by atoms with Crippen molar-refractivity contribution >= 4 is 5.97 Å². The Morgan fingerprint density at radius 1 is 1.05 bits per heavy atom. The molecule has 0 aromatic rings. The summed E-state index contributed by atoms with van der Waals surface area (Å²) >= 11 is 0. The van der Waals surface area contributed by atoms with Gasteiger partial charge >= 0.3 is 5.97 Å². The highest BCUT2D eigenvalue weighted by Gasteiger charge is 2.16. The van der Waals surface area contributed by atoms with Gasteiger partial charge in [0.05, 0.1) is 18.3 Å². The molecular weight excluding hydrogens is 272 g/mol. The molecule has 0 aliphatic carbocycles. The van der Waals surface area contributed by atoms with Crippen molar-refractivity contribution in [2.75, 3.05) is 0 Å². The van der Waals surface area contributed by atoms with Gasteiger partial charge in [-0.2, -0.15) is 0 Å². The second kappa shape index (κ2) is 9.92. The number of rotatable bonds is 0. The van der Waals surface area contributed by atoms with E-state index in [9.17, 15) is 20.1 Å². The van der Waals surface area contributed by atoms with E-state index in [4.69, 9.17) is 4.74 Å². The lowest BCUT2D eigenvalue weighted by Gasteiger charge is -2.18. The number of cyclic esters (lactones) is 1.